The summed E-state index contributed by atoms with van der Waals surface area (Å²) in [4.78, 5) is 0. The smallest absolute Gasteiger partial charge is 0.207 e. The third-order valence-corrected chi connectivity index (χ3v) is 6.86. The zero-order chi connectivity index (χ0) is 11.6. The van der Waals surface area contributed by atoms with Crippen LogP contribution in [0.3, 0.4) is 0 Å². The molecule has 0 aliphatic carbocycles. The van der Waals surface area contributed by atoms with Crippen LogP contribution in [0.15, 0.2) is 14.1 Å². The van der Waals surface area contributed by atoms with Crippen molar-refractivity contribution in [1.29, 1.82) is 0 Å². The van der Waals surface area contributed by atoms with E-state index in [9.17, 15) is 8.42 Å². The normalized spacial score (nSPS) is 14.1. The molecular weight excluding hydrogens is 366 g/mol. The second-order valence-electron chi connectivity index (χ2n) is 3.20. The molecule has 86 valence electrons. The molecule has 0 saturated carbocycles. The Balaban J connectivity index is 2.96. The number of nitrogens with one attached hydrogen (secondary N) is 1. The molecule has 1 aromatic rings. The highest BCUT2D eigenvalue weighted by Gasteiger charge is 2.19. The molecule has 0 aliphatic heterocycles. The van der Waals surface area contributed by atoms with Crippen LogP contribution in [0, 0.1) is 6.92 Å². The van der Waals surface area contributed by atoms with Crippen molar-refractivity contribution in [2.75, 3.05) is 5.33 Å². The molecule has 0 bridgehead atoms. The van der Waals surface area contributed by atoms with Crippen molar-refractivity contribution in [1.82, 2.24) is 4.72 Å². The highest BCUT2D eigenvalue weighted by molar-refractivity contribution is 9.11. The lowest BCUT2D eigenvalue weighted by Crippen LogP contribution is -2.33. The minimum atomic E-state index is -3.36. The van der Waals surface area contributed by atoms with E-state index in [1.54, 1.807) is 6.07 Å². The minimum absolute atomic E-state index is 0.115. The van der Waals surface area contributed by atoms with Crippen LogP contribution in [0.5, 0.6) is 0 Å². The Kier molecular flexibility index (Phi) is 4.79. The first kappa shape index (κ1) is 13.6. The van der Waals surface area contributed by atoms with Crippen molar-refractivity contribution in [2.45, 2.75) is 24.1 Å². The Morgan fingerprint density at radius 2 is 2.20 bits per heavy atom. The van der Waals surface area contributed by atoms with Gasteiger partial charge in [0.1, 0.15) is 4.21 Å². The summed E-state index contributed by atoms with van der Waals surface area (Å²) in [5.41, 5.74) is 0.937. The van der Waals surface area contributed by atoms with E-state index < -0.39 is 10.0 Å². The summed E-state index contributed by atoms with van der Waals surface area (Å²) in [6.45, 7) is 3.68. The van der Waals surface area contributed by atoms with Crippen LogP contribution in [0.25, 0.3) is 0 Å². The summed E-state index contributed by atoms with van der Waals surface area (Å²) in [5, 5.41) is 0.595. The summed E-state index contributed by atoms with van der Waals surface area (Å²) in [7, 11) is -3.36. The second kappa shape index (κ2) is 5.27. The number of thiophene rings is 1. The van der Waals surface area contributed by atoms with E-state index in [2.05, 4.69) is 36.6 Å². The third kappa shape index (κ3) is 3.52. The molecule has 15 heavy (non-hydrogen) atoms. The Morgan fingerprint density at radius 3 is 2.60 bits per heavy atom. The number of sulfonamides is 1. The van der Waals surface area contributed by atoms with Crippen molar-refractivity contribution in [3.05, 3.63) is 15.4 Å². The van der Waals surface area contributed by atoms with Gasteiger partial charge in [0, 0.05) is 11.4 Å². The predicted molar refractivity (Wildman–Crippen MR) is 70.3 cm³/mol. The Bertz CT molecular complexity index is 422. The molecule has 3 nitrogen and oxygen atoms in total. The van der Waals surface area contributed by atoms with Gasteiger partial charge in [-0.3, -0.25) is 0 Å². The Morgan fingerprint density at radius 1 is 1.60 bits per heavy atom. The predicted octanol–water partition coefficient (Wildman–Crippen LogP) is 2.88. The molecular formula is C8H11Br2NO2S2. The van der Waals surface area contributed by atoms with Crippen LogP contribution in [0.4, 0.5) is 0 Å². The summed E-state index contributed by atoms with van der Waals surface area (Å²) >= 11 is 7.76. The van der Waals surface area contributed by atoms with Crippen molar-refractivity contribution in [3.63, 3.8) is 0 Å². The van der Waals surface area contributed by atoms with E-state index in [0.717, 1.165) is 9.35 Å². The first-order chi connectivity index (χ1) is 6.86. The van der Waals surface area contributed by atoms with E-state index in [0.29, 0.717) is 9.54 Å². The second-order valence-corrected chi connectivity index (χ2v) is 8.16. The molecule has 0 radical (unpaired) electrons. The largest absolute Gasteiger partial charge is 0.250 e. The summed E-state index contributed by atoms with van der Waals surface area (Å²) in [6.07, 6.45) is 0. The summed E-state index contributed by atoms with van der Waals surface area (Å²) in [5.74, 6) is 0. The fraction of sp³-hybridized carbons (Fsp3) is 0.500. The maximum Gasteiger partial charge on any atom is 0.250 e. The first-order valence-corrected chi connectivity index (χ1v) is 8.42. The number of hydrogen-bond acceptors (Lipinski definition) is 3. The maximum absolute atomic E-state index is 11.8. The average molecular weight is 377 g/mol. The molecule has 0 spiro atoms. The maximum atomic E-state index is 11.8. The molecule has 1 heterocycles. The molecule has 0 amide bonds. The number of aryl methyl sites for hydroxylation is 1. The Labute approximate surface area is 111 Å². The number of hydrogen-bond donors (Lipinski definition) is 1. The van der Waals surface area contributed by atoms with E-state index in [-0.39, 0.29) is 6.04 Å². The zero-order valence-electron chi connectivity index (χ0n) is 8.25. The highest BCUT2D eigenvalue weighted by atomic mass is 79.9. The van der Waals surface area contributed by atoms with Crippen molar-refractivity contribution < 1.29 is 8.42 Å². The molecule has 1 unspecified atom stereocenters. The van der Waals surface area contributed by atoms with Crippen LogP contribution in [-0.4, -0.2) is 19.8 Å². The van der Waals surface area contributed by atoms with Gasteiger partial charge >= 0.3 is 0 Å². The number of halogens is 2. The van der Waals surface area contributed by atoms with Gasteiger partial charge in [-0.2, -0.15) is 0 Å². The van der Waals surface area contributed by atoms with Crippen molar-refractivity contribution >= 4 is 53.2 Å². The molecule has 0 fully saturated rings. The monoisotopic (exact) mass is 375 g/mol. The van der Waals surface area contributed by atoms with Gasteiger partial charge in [0.05, 0.1) is 3.79 Å². The molecule has 1 rings (SSSR count). The Hall–Kier alpha value is 0.570. The SMILES string of the molecule is Cc1cc(S(=O)(=O)NC(C)CBr)sc1Br. The van der Waals surface area contributed by atoms with Gasteiger partial charge < -0.3 is 0 Å². The van der Waals surface area contributed by atoms with Gasteiger partial charge in [0.15, 0.2) is 0 Å². The minimum Gasteiger partial charge on any atom is -0.207 e. The molecule has 0 saturated heterocycles. The van der Waals surface area contributed by atoms with Gasteiger partial charge in [-0.05, 0) is 41.4 Å². The highest BCUT2D eigenvalue weighted by Crippen LogP contribution is 2.30. The topological polar surface area (TPSA) is 46.2 Å². The van der Waals surface area contributed by atoms with E-state index in [4.69, 9.17) is 0 Å². The first-order valence-electron chi connectivity index (χ1n) is 4.21. The van der Waals surface area contributed by atoms with Crippen molar-refractivity contribution in [3.8, 4) is 0 Å². The van der Waals surface area contributed by atoms with Crippen LogP contribution in [0.2, 0.25) is 0 Å². The standard InChI is InChI=1S/C8H11Br2NO2S2/c1-5-3-7(14-8(5)10)15(12,13)11-6(2)4-9/h3,6,11H,4H2,1-2H3. The van der Waals surface area contributed by atoms with E-state index in [1.807, 2.05) is 13.8 Å². The quantitative estimate of drug-likeness (QED) is 0.821. The zero-order valence-corrected chi connectivity index (χ0v) is 13.1. The van der Waals surface area contributed by atoms with Gasteiger partial charge in [0.25, 0.3) is 0 Å². The van der Waals surface area contributed by atoms with Crippen LogP contribution < -0.4 is 4.72 Å². The fourth-order valence-electron chi connectivity index (χ4n) is 0.919. The van der Waals surface area contributed by atoms with Crippen LogP contribution in [-0.2, 0) is 10.0 Å². The molecule has 0 aromatic carbocycles. The third-order valence-electron chi connectivity index (χ3n) is 1.69. The lowest BCUT2D eigenvalue weighted by atomic mass is 10.4. The lowest BCUT2D eigenvalue weighted by Gasteiger charge is -2.09. The summed E-state index contributed by atoms with van der Waals surface area (Å²) in [6, 6.07) is 1.55. The van der Waals surface area contributed by atoms with E-state index >= 15 is 0 Å². The van der Waals surface area contributed by atoms with Crippen LogP contribution >= 0.6 is 43.2 Å². The molecule has 0 aliphatic rings. The molecule has 7 heteroatoms. The van der Waals surface area contributed by atoms with E-state index in [1.165, 1.54) is 11.3 Å². The van der Waals surface area contributed by atoms with Gasteiger partial charge in [-0.15, -0.1) is 11.3 Å². The molecule has 1 aromatic heterocycles. The van der Waals surface area contributed by atoms with Gasteiger partial charge in [0.2, 0.25) is 10.0 Å². The average Bonchev–Trinajstić information content (AvgIpc) is 2.47. The fourth-order valence-corrected chi connectivity index (χ4v) is 4.78. The van der Waals surface area contributed by atoms with Gasteiger partial charge in [-0.1, -0.05) is 15.9 Å². The molecule has 1 atom stereocenters. The van der Waals surface area contributed by atoms with Crippen molar-refractivity contribution in [2.24, 2.45) is 0 Å². The summed E-state index contributed by atoms with van der Waals surface area (Å²) < 4.78 is 27.4. The van der Waals surface area contributed by atoms with Crippen LogP contribution in [0.1, 0.15) is 12.5 Å². The molecule has 1 N–H and O–H groups in total. The van der Waals surface area contributed by atoms with Gasteiger partial charge in [-0.25, -0.2) is 13.1 Å². The lowest BCUT2D eigenvalue weighted by molar-refractivity contribution is 0.573. The number of alkyl halides is 1. The number of rotatable bonds is 4.